The predicted molar refractivity (Wildman–Crippen MR) is 128 cm³/mol. The number of anilines is 2. The van der Waals surface area contributed by atoms with E-state index in [0.29, 0.717) is 28.0 Å². The van der Waals surface area contributed by atoms with Gasteiger partial charge in [-0.05, 0) is 48.5 Å². The van der Waals surface area contributed by atoms with Crippen molar-refractivity contribution in [1.29, 1.82) is 0 Å². The number of phenols is 1. The second-order valence-corrected chi connectivity index (χ2v) is 9.24. The molecule has 1 unspecified atom stereocenters. The van der Waals surface area contributed by atoms with E-state index < -0.39 is 5.25 Å². The van der Waals surface area contributed by atoms with Crippen LogP contribution in [0.3, 0.4) is 0 Å². The lowest BCUT2D eigenvalue weighted by Gasteiger charge is -2.16. The Morgan fingerprint density at radius 1 is 1.16 bits per heavy atom. The van der Waals surface area contributed by atoms with Crippen LogP contribution in [-0.2, 0) is 9.59 Å². The zero-order valence-electron chi connectivity index (χ0n) is 16.3. The molecule has 0 saturated carbocycles. The quantitative estimate of drug-likeness (QED) is 0.551. The lowest BCUT2D eigenvalue weighted by atomic mass is 10.2. The summed E-state index contributed by atoms with van der Waals surface area (Å²) in [6, 6.07) is 12.7. The molecule has 0 aliphatic carbocycles. The zero-order chi connectivity index (χ0) is 22.7. The summed E-state index contributed by atoms with van der Waals surface area (Å²) in [5.41, 5.74) is 1.05. The molecule has 0 spiro atoms. The number of nitrogens with one attached hydrogen (secondary N) is 2. The Labute approximate surface area is 196 Å². The molecule has 2 aliphatic rings. The third-order valence-electron chi connectivity index (χ3n) is 4.38. The van der Waals surface area contributed by atoms with Crippen LogP contribution in [0.4, 0.5) is 16.2 Å². The average molecular weight is 490 g/mol. The number of halogens is 1. The Bertz CT molecular complexity index is 1120. The number of amidine groups is 2. The fourth-order valence-electron chi connectivity index (χ4n) is 2.90. The molecule has 2 fully saturated rings. The number of hydrogen-bond acceptors (Lipinski definition) is 8. The fourth-order valence-corrected chi connectivity index (χ4v) is 4.70. The van der Waals surface area contributed by atoms with Crippen molar-refractivity contribution in [2.75, 3.05) is 16.0 Å². The maximum atomic E-state index is 13.1. The van der Waals surface area contributed by atoms with Gasteiger partial charge < -0.3 is 15.7 Å². The third kappa shape index (κ3) is 5.23. The molecule has 12 heteroatoms. The Morgan fingerprint density at radius 3 is 2.53 bits per heavy atom. The van der Waals surface area contributed by atoms with E-state index in [-0.39, 0.29) is 34.4 Å². The smallest absolute Gasteiger partial charge is 0.284 e. The maximum Gasteiger partial charge on any atom is 0.284 e. The van der Waals surface area contributed by atoms with Gasteiger partial charge in [0.1, 0.15) is 16.8 Å². The van der Waals surface area contributed by atoms with E-state index in [1.807, 2.05) is 0 Å². The van der Waals surface area contributed by atoms with E-state index in [2.05, 4.69) is 20.8 Å². The molecule has 0 aromatic heterocycles. The number of carbonyl (C=O) groups excluding carboxylic acids is 3. The number of phenolic OH excluding ortho intramolecular Hbond substituents is 1. The molecular formula is C20H16ClN5O4S2. The summed E-state index contributed by atoms with van der Waals surface area (Å²) >= 11 is 8.04. The van der Waals surface area contributed by atoms with Gasteiger partial charge in [0.2, 0.25) is 11.8 Å². The second kappa shape index (κ2) is 9.63. The van der Waals surface area contributed by atoms with E-state index in [9.17, 15) is 19.5 Å². The van der Waals surface area contributed by atoms with E-state index in [1.165, 1.54) is 17.0 Å². The number of aromatic hydroxyl groups is 1. The number of thioether (sulfide) groups is 2. The van der Waals surface area contributed by atoms with Gasteiger partial charge in [-0.2, -0.15) is 0 Å². The highest BCUT2D eigenvalue weighted by atomic mass is 35.5. The van der Waals surface area contributed by atoms with Crippen LogP contribution in [-0.4, -0.2) is 44.2 Å². The maximum absolute atomic E-state index is 13.1. The highest BCUT2D eigenvalue weighted by molar-refractivity contribution is 8.16. The largest absolute Gasteiger partial charge is 0.508 e. The van der Waals surface area contributed by atoms with Crippen molar-refractivity contribution in [1.82, 2.24) is 5.32 Å². The summed E-state index contributed by atoms with van der Waals surface area (Å²) in [7, 11) is 0. The van der Waals surface area contributed by atoms with Gasteiger partial charge in [0, 0.05) is 17.1 Å². The summed E-state index contributed by atoms with van der Waals surface area (Å²) in [6.07, 6.45) is -0.0805. The van der Waals surface area contributed by atoms with Gasteiger partial charge >= 0.3 is 0 Å². The van der Waals surface area contributed by atoms with Gasteiger partial charge in [0.15, 0.2) is 5.17 Å². The number of nitrogens with zero attached hydrogens (tertiary/aromatic N) is 3. The third-order valence-corrected chi connectivity index (χ3v) is 6.55. The van der Waals surface area contributed by atoms with Gasteiger partial charge in [-0.25, -0.2) is 0 Å². The van der Waals surface area contributed by atoms with E-state index in [4.69, 9.17) is 11.6 Å². The van der Waals surface area contributed by atoms with Gasteiger partial charge in [-0.3, -0.25) is 19.3 Å². The summed E-state index contributed by atoms with van der Waals surface area (Å²) in [6.45, 7) is 0. The van der Waals surface area contributed by atoms with Crippen LogP contribution in [0.2, 0.25) is 5.02 Å². The highest BCUT2D eigenvalue weighted by Crippen LogP contribution is 2.34. The lowest BCUT2D eigenvalue weighted by molar-refractivity contribution is -0.121. The normalized spacial score (nSPS) is 20.8. The van der Waals surface area contributed by atoms with Crippen LogP contribution in [0.1, 0.15) is 6.42 Å². The molecule has 2 saturated heterocycles. The standard InChI is InChI=1S/C20H16ClN5O4S2/c21-11-1-3-12(4-2-11)22-17(28)9-15-18(29)26(13-5-7-14(27)8-6-13)19(32-15)25-24-16-10-31-20(30)23-16/h1-8,15,27H,9-10H2,(H,22,28)(H,23,24,30)/b25-19-. The number of benzene rings is 2. The summed E-state index contributed by atoms with van der Waals surface area (Å²) in [5.74, 6) is 0.124. The summed E-state index contributed by atoms with van der Waals surface area (Å²) < 4.78 is 0. The van der Waals surface area contributed by atoms with Crippen molar-refractivity contribution in [3.63, 3.8) is 0 Å². The number of hydrogen-bond donors (Lipinski definition) is 3. The molecule has 1 atom stereocenters. The first-order valence-corrected chi connectivity index (χ1v) is 11.6. The van der Waals surface area contributed by atoms with Crippen LogP contribution in [0.25, 0.3) is 0 Å². The molecule has 2 aromatic carbocycles. The topological polar surface area (TPSA) is 123 Å². The minimum Gasteiger partial charge on any atom is -0.508 e. The van der Waals surface area contributed by atoms with Crippen molar-refractivity contribution < 1.29 is 19.5 Å². The minimum absolute atomic E-state index is 0.0522. The first-order valence-electron chi connectivity index (χ1n) is 9.32. The minimum atomic E-state index is -0.720. The van der Waals surface area contributed by atoms with Crippen LogP contribution >= 0.6 is 35.1 Å². The first kappa shape index (κ1) is 22.2. The van der Waals surface area contributed by atoms with E-state index >= 15 is 0 Å². The monoisotopic (exact) mass is 489 g/mol. The fraction of sp³-hybridized carbons (Fsp3) is 0.150. The molecule has 9 nitrogen and oxygen atoms in total. The number of carbonyl (C=O) groups is 3. The Morgan fingerprint density at radius 2 is 1.88 bits per heavy atom. The molecular weight excluding hydrogens is 474 g/mol. The molecule has 0 radical (unpaired) electrons. The van der Waals surface area contributed by atoms with Crippen LogP contribution in [0.15, 0.2) is 58.7 Å². The molecule has 4 rings (SSSR count). The Hall–Kier alpha value is -3.02. The van der Waals surface area contributed by atoms with Crippen LogP contribution in [0.5, 0.6) is 5.75 Å². The summed E-state index contributed by atoms with van der Waals surface area (Å²) in [4.78, 5) is 38.3. The van der Waals surface area contributed by atoms with Gasteiger partial charge in [-0.1, -0.05) is 35.1 Å². The Kier molecular flexibility index (Phi) is 6.68. The molecule has 2 aliphatic heterocycles. The van der Waals surface area contributed by atoms with Gasteiger partial charge in [0.25, 0.3) is 5.24 Å². The second-order valence-electron chi connectivity index (χ2n) is 6.69. The first-order chi connectivity index (χ1) is 15.4. The predicted octanol–water partition coefficient (Wildman–Crippen LogP) is 3.65. The molecule has 3 amide bonds. The van der Waals surface area contributed by atoms with E-state index in [0.717, 1.165) is 23.5 Å². The molecule has 164 valence electrons. The van der Waals surface area contributed by atoms with Crippen molar-refractivity contribution in [3.05, 3.63) is 53.6 Å². The van der Waals surface area contributed by atoms with Crippen molar-refractivity contribution in [2.24, 2.45) is 10.2 Å². The zero-order valence-corrected chi connectivity index (χ0v) is 18.7. The van der Waals surface area contributed by atoms with Gasteiger partial charge in [-0.15, -0.1) is 10.2 Å². The van der Waals surface area contributed by atoms with E-state index in [1.54, 1.807) is 36.4 Å². The lowest BCUT2D eigenvalue weighted by Crippen LogP contribution is -2.33. The Balaban J connectivity index is 1.54. The molecule has 0 bridgehead atoms. The molecule has 2 aromatic rings. The molecule has 3 N–H and O–H groups in total. The van der Waals surface area contributed by atoms with Gasteiger partial charge in [0.05, 0.1) is 11.4 Å². The molecule has 2 heterocycles. The molecule has 32 heavy (non-hydrogen) atoms. The van der Waals surface area contributed by atoms with Crippen LogP contribution < -0.4 is 15.5 Å². The highest BCUT2D eigenvalue weighted by Gasteiger charge is 2.40. The number of amides is 3. The SMILES string of the molecule is O=C(CC1S/C(=N\N=C2\CSC(=O)N2)N(c2ccc(O)cc2)C1=O)Nc1ccc(Cl)cc1. The average Bonchev–Trinajstić information content (AvgIpc) is 3.32. The van der Waals surface area contributed by atoms with Crippen molar-refractivity contribution >= 4 is 74.6 Å². The number of rotatable bonds is 5. The summed E-state index contributed by atoms with van der Waals surface area (Å²) in [5, 5.41) is 23.0. The van der Waals surface area contributed by atoms with Crippen LogP contribution in [0, 0.1) is 0 Å². The van der Waals surface area contributed by atoms with Crippen molar-refractivity contribution in [2.45, 2.75) is 11.7 Å². The van der Waals surface area contributed by atoms with Crippen molar-refractivity contribution in [3.8, 4) is 5.75 Å².